The largest absolute Gasteiger partial charge is 0.497 e. The summed E-state index contributed by atoms with van der Waals surface area (Å²) in [6.45, 7) is 3.81. The summed E-state index contributed by atoms with van der Waals surface area (Å²) in [6.07, 6.45) is 1.74. The zero-order valence-electron chi connectivity index (χ0n) is 13.3. The first-order chi connectivity index (χ1) is 11.1. The third kappa shape index (κ3) is 3.39. The van der Waals surface area contributed by atoms with Crippen molar-refractivity contribution in [3.05, 3.63) is 48.4 Å². The number of hydrogen-bond donors (Lipinski definition) is 1. The minimum absolute atomic E-state index is 0.185. The topological polar surface area (TPSA) is 50.4 Å². The molecule has 0 aliphatic carbocycles. The second-order valence-electron chi connectivity index (χ2n) is 4.77. The summed E-state index contributed by atoms with van der Waals surface area (Å²) < 4.78 is 20.3. The number of fused-ring (bicyclic) bond motifs is 3. The number of rotatable bonds is 3. The van der Waals surface area contributed by atoms with Crippen LogP contribution in [0.5, 0.6) is 5.75 Å². The predicted octanol–water partition coefficient (Wildman–Crippen LogP) is 3.54. The number of halogens is 1. The van der Waals surface area contributed by atoms with E-state index in [1.807, 2.05) is 19.9 Å². The fourth-order valence-electron chi connectivity index (χ4n) is 2.51. The van der Waals surface area contributed by atoms with Crippen molar-refractivity contribution >= 4 is 27.6 Å². The highest BCUT2D eigenvalue weighted by atomic mass is 19.1. The molecule has 0 atom stereocenters. The number of carboxylic acid groups (broad SMARTS) is 1. The average Bonchev–Trinajstić information content (AvgIpc) is 2.55. The molecule has 0 saturated heterocycles. The Labute approximate surface area is 133 Å². The van der Waals surface area contributed by atoms with E-state index in [-0.39, 0.29) is 12.4 Å². The lowest BCUT2D eigenvalue weighted by Gasteiger charge is -2.06. The number of hydrogen-bond acceptors (Lipinski definition) is 2. The van der Waals surface area contributed by atoms with E-state index < -0.39 is 5.97 Å². The van der Waals surface area contributed by atoms with Gasteiger partial charge in [0.15, 0.2) is 6.20 Å². The van der Waals surface area contributed by atoms with Gasteiger partial charge in [0.1, 0.15) is 11.6 Å². The van der Waals surface area contributed by atoms with Gasteiger partial charge in [-0.2, -0.15) is 4.57 Å². The normalized spacial score (nSPS) is 10.3. The van der Waals surface area contributed by atoms with Crippen LogP contribution in [0.3, 0.4) is 0 Å². The number of aromatic nitrogens is 1. The molecule has 0 saturated carbocycles. The van der Waals surface area contributed by atoms with Crippen LogP contribution in [-0.4, -0.2) is 18.2 Å². The van der Waals surface area contributed by atoms with Gasteiger partial charge in [-0.3, -0.25) is 0 Å². The van der Waals surface area contributed by atoms with Crippen molar-refractivity contribution in [1.82, 2.24) is 0 Å². The third-order valence-electron chi connectivity index (χ3n) is 3.42. The highest BCUT2D eigenvalue weighted by Crippen LogP contribution is 2.26. The summed E-state index contributed by atoms with van der Waals surface area (Å²) in [7, 11) is 1.56. The molecule has 23 heavy (non-hydrogen) atoms. The smallest absolute Gasteiger partial charge is 0.370 e. The van der Waals surface area contributed by atoms with Crippen molar-refractivity contribution in [1.29, 1.82) is 0 Å². The Morgan fingerprint density at radius 1 is 1.17 bits per heavy atom. The Kier molecular flexibility index (Phi) is 5.11. The number of carbonyl (C=O) groups is 1. The van der Waals surface area contributed by atoms with E-state index in [1.165, 1.54) is 12.1 Å². The Balaban J connectivity index is 0.000000924. The number of carboxylic acids is 1. The fourth-order valence-corrected chi connectivity index (χ4v) is 2.51. The standard InChI is InChI=1S/C16H12FNO3.C2H6/c1-21-12-3-4-13-10(6-12)8-18(9-16(19)20)15-5-2-11(17)7-14(13)15;1-2/h2-8H,9H2,1H3;1-2H3/p+1. The van der Waals surface area contributed by atoms with Gasteiger partial charge in [0.2, 0.25) is 12.1 Å². The Morgan fingerprint density at radius 3 is 2.57 bits per heavy atom. The van der Waals surface area contributed by atoms with E-state index in [0.29, 0.717) is 16.7 Å². The minimum Gasteiger partial charge on any atom is -0.497 e. The molecule has 5 heteroatoms. The second-order valence-corrected chi connectivity index (χ2v) is 4.77. The van der Waals surface area contributed by atoms with Crippen molar-refractivity contribution in [2.45, 2.75) is 20.4 Å². The molecular formula is C18H19FNO3+. The zero-order valence-corrected chi connectivity index (χ0v) is 13.3. The van der Waals surface area contributed by atoms with Gasteiger partial charge in [-0.1, -0.05) is 13.8 Å². The van der Waals surface area contributed by atoms with Gasteiger partial charge in [-0.25, -0.2) is 9.18 Å². The van der Waals surface area contributed by atoms with Crippen LogP contribution in [-0.2, 0) is 11.3 Å². The summed E-state index contributed by atoms with van der Waals surface area (Å²) >= 11 is 0. The lowest BCUT2D eigenvalue weighted by Crippen LogP contribution is -2.38. The van der Waals surface area contributed by atoms with E-state index in [4.69, 9.17) is 9.84 Å². The molecule has 0 bridgehead atoms. The SMILES string of the molecule is CC.COc1ccc2c(c1)c[n+](CC(=O)O)c1ccc(F)cc21. The van der Waals surface area contributed by atoms with Crippen LogP contribution in [0.15, 0.2) is 42.6 Å². The van der Waals surface area contributed by atoms with Crippen molar-refractivity contribution in [2.24, 2.45) is 0 Å². The molecule has 0 amide bonds. The van der Waals surface area contributed by atoms with Gasteiger partial charge in [-0.05, 0) is 30.3 Å². The Bertz CT molecular complexity index is 862. The highest BCUT2D eigenvalue weighted by Gasteiger charge is 2.17. The maximum Gasteiger partial charge on any atom is 0.370 e. The summed E-state index contributed by atoms with van der Waals surface area (Å²) in [5.74, 6) is -0.638. The van der Waals surface area contributed by atoms with Gasteiger partial charge < -0.3 is 9.84 Å². The lowest BCUT2D eigenvalue weighted by atomic mass is 10.1. The van der Waals surface area contributed by atoms with Crippen LogP contribution in [0.25, 0.3) is 21.7 Å². The van der Waals surface area contributed by atoms with Crippen LogP contribution in [0.2, 0.25) is 0 Å². The summed E-state index contributed by atoms with van der Waals surface area (Å²) in [6, 6.07) is 9.79. The molecule has 3 rings (SSSR count). The minimum atomic E-state index is -0.951. The van der Waals surface area contributed by atoms with Crippen LogP contribution < -0.4 is 9.30 Å². The lowest BCUT2D eigenvalue weighted by molar-refractivity contribution is -0.658. The van der Waals surface area contributed by atoms with Crippen LogP contribution in [0.1, 0.15) is 13.8 Å². The summed E-state index contributed by atoms with van der Waals surface area (Å²) in [4.78, 5) is 11.0. The second kappa shape index (κ2) is 7.05. The number of pyridine rings is 1. The Morgan fingerprint density at radius 2 is 1.91 bits per heavy atom. The van der Waals surface area contributed by atoms with Crippen molar-refractivity contribution < 1.29 is 23.6 Å². The number of ether oxygens (including phenoxy) is 1. The van der Waals surface area contributed by atoms with Crippen molar-refractivity contribution in [2.75, 3.05) is 7.11 Å². The predicted molar refractivity (Wildman–Crippen MR) is 87.1 cm³/mol. The third-order valence-corrected chi connectivity index (χ3v) is 3.42. The van der Waals surface area contributed by atoms with Crippen LogP contribution >= 0.6 is 0 Å². The van der Waals surface area contributed by atoms with E-state index in [2.05, 4.69) is 0 Å². The van der Waals surface area contributed by atoms with Crippen molar-refractivity contribution in [3.8, 4) is 5.75 Å². The van der Waals surface area contributed by atoms with E-state index in [0.717, 1.165) is 10.8 Å². The number of benzene rings is 2. The zero-order chi connectivity index (χ0) is 17.0. The summed E-state index contributed by atoms with van der Waals surface area (Å²) in [5.41, 5.74) is 0.677. The molecule has 1 aromatic heterocycles. The number of nitrogens with zero attached hydrogens (tertiary/aromatic N) is 1. The van der Waals surface area contributed by atoms with Crippen molar-refractivity contribution in [3.63, 3.8) is 0 Å². The molecule has 0 aliphatic rings. The molecule has 4 nitrogen and oxygen atoms in total. The molecule has 0 radical (unpaired) electrons. The van der Waals surface area contributed by atoms with Gasteiger partial charge >= 0.3 is 5.97 Å². The maximum absolute atomic E-state index is 13.6. The molecule has 0 spiro atoms. The average molecular weight is 316 g/mol. The first-order valence-electron chi connectivity index (χ1n) is 7.40. The van der Waals surface area contributed by atoms with Crippen LogP contribution in [0, 0.1) is 5.82 Å². The molecule has 3 aromatic rings. The Hall–Kier alpha value is -2.69. The molecule has 1 heterocycles. The van der Waals surface area contributed by atoms with Crippen LogP contribution in [0.4, 0.5) is 4.39 Å². The van der Waals surface area contributed by atoms with E-state index >= 15 is 0 Å². The van der Waals surface area contributed by atoms with Gasteiger partial charge in [-0.15, -0.1) is 0 Å². The van der Waals surface area contributed by atoms with Gasteiger partial charge in [0, 0.05) is 11.5 Å². The quantitative estimate of drug-likeness (QED) is 0.594. The van der Waals surface area contributed by atoms with E-state index in [1.54, 1.807) is 36.1 Å². The molecule has 0 fully saturated rings. The van der Waals surface area contributed by atoms with E-state index in [9.17, 15) is 9.18 Å². The molecule has 0 aliphatic heterocycles. The molecule has 1 N–H and O–H groups in total. The molecular weight excluding hydrogens is 297 g/mol. The molecule has 0 unspecified atom stereocenters. The monoisotopic (exact) mass is 316 g/mol. The highest BCUT2D eigenvalue weighted by molar-refractivity contribution is 6.04. The first kappa shape index (κ1) is 16.7. The number of aliphatic carboxylic acids is 1. The fraction of sp³-hybridized carbons (Fsp3) is 0.222. The summed E-state index contributed by atoms with van der Waals surface area (Å²) in [5, 5.41) is 11.4. The van der Waals surface area contributed by atoms with Gasteiger partial charge in [0.25, 0.3) is 0 Å². The maximum atomic E-state index is 13.6. The number of methoxy groups -OCH3 is 1. The molecule has 2 aromatic carbocycles. The van der Waals surface area contributed by atoms with Gasteiger partial charge in [0.05, 0.1) is 17.9 Å². The first-order valence-corrected chi connectivity index (χ1v) is 7.40. The molecule has 120 valence electrons.